The molecule has 0 heterocycles. The van der Waals surface area contributed by atoms with Crippen LogP contribution in [0.2, 0.25) is 0 Å². The molecule has 2 rings (SSSR count). The summed E-state index contributed by atoms with van der Waals surface area (Å²) in [5.41, 5.74) is 1.75. The molecule has 0 saturated heterocycles. The molecule has 23 heavy (non-hydrogen) atoms. The summed E-state index contributed by atoms with van der Waals surface area (Å²) in [7, 11) is 3.23. The summed E-state index contributed by atoms with van der Waals surface area (Å²) >= 11 is 2.19. The average Bonchev–Trinajstić information content (AvgIpc) is 2.59. The molecule has 0 atom stereocenters. The van der Waals surface area contributed by atoms with Gasteiger partial charge in [-0.2, -0.15) is 0 Å². The Morgan fingerprint density at radius 2 is 1.91 bits per heavy atom. The smallest absolute Gasteiger partial charge is 0.175 e. The summed E-state index contributed by atoms with van der Waals surface area (Å²) in [5, 5.41) is 0. The van der Waals surface area contributed by atoms with Crippen molar-refractivity contribution in [3.63, 3.8) is 0 Å². The zero-order valence-corrected chi connectivity index (χ0v) is 15.0. The Balaban J connectivity index is 2.24. The zero-order valence-electron chi connectivity index (χ0n) is 12.9. The van der Waals surface area contributed by atoms with Crippen molar-refractivity contribution in [3.05, 3.63) is 45.5 Å². The number of hydrogen-bond donors (Lipinski definition) is 0. The van der Waals surface area contributed by atoms with Crippen LogP contribution in [0.5, 0.6) is 17.2 Å². The van der Waals surface area contributed by atoms with E-state index in [4.69, 9.17) is 20.6 Å². The molecule has 0 saturated carbocycles. The molecular formula is C18H16INO3. The van der Waals surface area contributed by atoms with Gasteiger partial charge in [-0.15, -0.1) is 6.42 Å². The van der Waals surface area contributed by atoms with Gasteiger partial charge in [0.25, 0.3) is 0 Å². The summed E-state index contributed by atoms with van der Waals surface area (Å²) in [6, 6.07) is 11.3. The van der Waals surface area contributed by atoms with Gasteiger partial charge in [0, 0.05) is 6.21 Å². The summed E-state index contributed by atoms with van der Waals surface area (Å²) in [5.74, 6) is 4.52. The maximum Gasteiger partial charge on any atom is 0.175 e. The summed E-state index contributed by atoms with van der Waals surface area (Å²) in [4.78, 5) is 4.45. The van der Waals surface area contributed by atoms with Crippen molar-refractivity contribution >= 4 is 34.5 Å². The molecule has 0 amide bonds. The Labute approximate surface area is 149 Å². The number of methoxy groups -OCH3 is 2. The second-order valence-electron chi connectivity index (χ2n) is 4.48. The Morgan fingerprint density at radius 3 is 2.52 bits per heavy atom. The average molecular weight is 421 g/mol. The quantitative estimate of drug-likeness (QED) is 0.401. The molecule has 0 radical (unpaired) electrons. The molecule has 0 unspecified atom stereocenters. The number of benzene rings is 2. The third-order valence-electron chi connectivity index (χ3n) is 2.99. The molecule has 0 aromatic heterocycles. The molecule has 2 aromatic rings. The highest BCUT2D eigenvalue weighted by atomic mass is 127. The van der Waals surface area contributed by atoms with Crippen LogP contribution in [-0.4, -0.2) is 27.0 Å². The highest BCUT2D eigenvalue weighted by Gasteiger charge is 2.10. The van der Waals surface area contributed by atoms with Crippen molar-refractivity contribution in [1.82, 2.24) is 0 Å². The summed E-state index contributed by atoms with van der Waals surface area (Å²) in [6.07, 6.45) is 7.01. The van der Waals surface area contributed by atoms with Crippen molar-refractivity contribution in [2.24, 2.45) is 4.99 Å². The van der Waals surface area contributed by atoms with Gasteiger partial charge in [-0.05, 0) is 64.6 Å². The lowest BCUT2D eigenvalue weighted by Gasteiger charge is -2.11. The topological polar surface area (TPSA) is 40.0 Å². The van der Waals surface area contributed by atoms with Gasteiger partial charge in [0.05, 0.1) is 23.5 Å². The van der Waals surface area contributed by atoms with Gasteiger partial charge in [-0.3, -0.25) is 4.99 Å². The summed E-state index contributed by atoms with van der Waals surface area (Å²) < 4.78 is 16.9. The van der Waals surface area contributed by atoms with Crippen molar-refractivity contribution < 1.29 is 14.2 Å². The van der Waals surface area contributed by atoms with Crippen LogP contribution in [-0.2, 0) is 0 Å². The number of aliphatic imine (C=N–C) groups is 1. The van der Waals surface area contributed by atoms with Gasteiger partial charge < -0.3 is 14.2 Å². The molecule has 118 valence electrons. The highest BCUT2D eigenvalue weighted by molar-refractivity contribution is 14.1. The SMILES string of the molecule is C#CCOc1c(I)cc(C=Nc2ccc(OC)cc2)cc1OC. The highest BCUT2D eigenvalue weighted by Crippen LogP contribution is 2.33. The van der Waals surface area contributed by atoms with Crippen molar-refractivity contribution in [2.45, 2.75) is 0 Å². The van der Waals surface area contributed by atoms with Crippen molar-refractivity contribution in [2.75, 3.05) is 20.8 Å². The van der Waals surface area contributed by atoms with Crippen LogP contribution < -0.4 is 14.2 Å². The molecular weight excluding hydrogens is 405 g/mol. The molecule has 0 N–H and O–H groups in total. The first kappa shape index (κ1) is 17.2. The van der Waals surface area contributed by atoms with E-state index in [2.05, 4.69) is 33.5 Å². The molecule has 0 bridgehead atoms. The number of hydrogen-bond acceptors (Lipinski definition) is 4. The van der Waals surface area contributed by atoms with E-state index in [0.29, 0.717) is 11.5 Å². The van der Waals surface area contributed by atoms with Crippen LogP contribution in [0.4, 0.5) is 5.69 Å². The second kappa shape index (κ2) is 8.44. The first-order valence-electron chi connectivity index (χ1n) is 6.80. The minimum atomic E-state index is 0.200. The molecule has 5 heteroatoms. The maximum absolute atomic E-state index is 5.52. The summed E-state index contributed by atoms with van der Waals surface area (Å²) in [6.45, 7) is 0.200. The standard InChI is InChI=1S/C18H16INO3/c1-4-9-23-18-16(19)10-13(11-17(18)22-3)12-20-14-5-7-15(21-2)8-6-14/h1,5-8,10-12H,9H2,2-3H3. The molecule has 0 spiro atoms. The van der Waals surface area contributed by atoms with E-state index in [1.807, 2.05) is 36.4 Å². The molecule has 2 aromatic carbocycles. The van der Waals surface area contributed by atoms with Crippen LogP contribution in [0.25, 0.3) is 0 Å². The number of terminal acetylenes is 1. The minimum absolute atomic E-state index is 0.200. The normalized spacial score (nSPS) is 10.3. The molecule has 4 nitrogen and oxygen atoms in total. The first-order valence-corrected chi connectivity index (χ1v) is 7.87. The van der Waals surface area contributed by atoms with Gasteiger partial charge >= 0.3 is 0 Å². The molecule has 0 fully saturated rings. The Morgan fingerprint density at radius 1 is 1.17 bits per heavy atom. The molecule has 0 aliphatic rings. The van der Waals surface area contributed by atoms with Gasteiger partial charge in [0.2, 0.25) is 0 Å². The van der Waals surface area contributed by atoms with E-state index in [-0.39, 0.29) is 6.61 Å². The zero-order chi connectivity index (χ0) is 16.7. The van der Waals surface area contributed by atoms with Crippen LogP contribution in [0, 0.1) is 15.9 Å². The number of nitrogens with zero attached hydrogens (tertiary/aromatic N) is 1. The lowest BCUT2D eigenvalue weighted by molar-refractivity contribution is 0.328. The van der Waals surface area contributed by atoms with E-state index in [9.17, 15) is 0 Å². The number of rotatable bonds is 6. The van der Waals surface area contributed by atoms with Crippen LogP contribution >= 0.6 is 22.6 Å². The van der Waals surface area contributed by atoms with Crippen molar-refractivity contribution in [3.8, 4) is 29.6 Å². The predicted octanol–water partition coefficient (Wildman–Crippen LogP) is 4.07. The van der Waals surface area contributed by atoms with Crippen LogP contribution in [0.1, 0.15) is 5.56 Å². The van der Waals surface area contributed by atoms with Gasteiger partial charge in [-0.1, -0.05) is 5.92 Å². The van der Waals surface area contributed by atoms with Crippen molar-refractivity contribution in [1.29, 1.82) is 0 Å². The number of ether oxygens (including phenoxy) is 3. The fraction of sp³-hybridized carbons (Fsp3) is 0.167. The van der Waals surface area contributed by atoms with Gasteiger partial charge in [0.1, 0.15) is 12.4 Å². The third-order valence-corrected chi connectivity index (χ3v) is 3.79. The monoisotopic (exact) mass is 421 g/mol. The third kappa shape index (κ3) is 4.63. The Bertz CT molecular complexity index is 733. The minimum Gasteiger partial charge on any atom is -0.497 e. The molecule has 0 aliphatic carbocycles. The fourth-order valence-electron chi connectivity index (χ4n) is 1.89. The van der Waals surface area contributed by atoms with E-state index < -0.39 is 0 Å². The van der Waals surface area contributed by atoms with E-state index in [1.165, 1.54) is 0 Å². The fourth-order valence-corrected chi connectivity index (χ4v) is 2.67. The lowest BCUT2D eigenvalue weighted by atomic mass is 10.2. The van der Waals surface area contributed by atoms with Gasteiger partial charge in [0.15, 0.2) is 11.5 Å². The second-order valence-corrected chi connectivity index (χ2v) is 5.65. The van der Waals surface area contributed by atoms with E-state index in [0.717, 1.165) is 20.6 Å². The van der Waals surface area contributed by atoms with E-state index >= 15 is 0 Å². The van der Waals surface area contributed by atoms with Gasteiger partial charge in [-0.25, -0.2) is 0 Å². The Kier molecular flexibility index (Phi) is 6.29. The van der Waals surface area contributed by atoms with Crippen LogP contribution in [0.3, 0.4) is 0 Å². The molecule has 0 aliphatic heterocycles. The van der Waals surface area contributed by atoms with E-state index in [1.54, 1.807) is 20.4 Å². The Hall–Kier alpha value is -2.20. The first-order chi connectivity index (χ1) is 11.2. The maximum atomic E-state index is 5.52. The lowest BCUT2D eigenvalue weighted by Crippen LogP contribution is -2.00. The predicted molar refractivity (Wildman–Crippen MR) is 100 cm³/mol. The largest absolute Gasteiger partial charge is 0.497 e. The van der Waals surface area contributed by atoms with Crippen LogP contribution in [0.15, 0.2) is 41.4 Å². The number of halogens is 1.